The average Bonchev–Trinajstić information content (AvgIpc) is 2.90. The Morgan fingerprint density at radius 3 is 2.18 bits per heavy atom. The smallest absolute Gasteiger partial charge is 0.353 e. The second-order valence-corrected chi connectivity index (χ2v) is 9.20. The van der Waals surface area contributed by atoms with Crippen LogP contribution in [0.5, 0.6) is 0 Å². The number of piperidine rings is 1. The number of hydrogen-bond acceptors (Lipinski definition) is 7. The van der Waals surface area contributed by atoms with Gasteiger partial charge in [0.05, 0.1) is 0 Å². The van der Waals surface area contributed by atoms with Crippen molar-refractivity contribution in [3.63, 3.8) is 0 Å². The van der Waals surface area contributed by atoms with E-state index in [9.17, 15) is 28.4 Å². The standard InChI is InChI=1S/C22H27FN4O3.C4H4O4/c23-18-7-5-16(6-8-18)20(28)17-9-14-25(15-10-17)11-3-13-27-21(29)24-19-4-1-2-12-26(19)22(27)30;5-3(6)1-2-4(7)8/h5-8,17H,1-4,9-15H2;1-2H,(H,5,6)(H,7,8)/b;2-1-. The summed E-state index contributed by atoms with van der Waals surface area (Å²) in [5, 5.41) is 15.6. The van der Waals surface area contributed by atoms with E-state index in [-0.39, 0.29) is 23.2 Å². The second kappa shape index (κ2) is 13.6. The number of aryl methyl sites for hydroxylation is 1. The van der Waals surface area contributed by atoms with Crippen molar-refractivity contribution in [2.24, 2.45) is 5.92 Å². The summed E-state index contributed by atoms with van der Waals surface area (Å²) in [7, 11) is 0. The molecule has 1 saturated heterocycles. The number of carboxylic acids is 2. The van der Waals surface area contributed by atoms with Crippen LogP contribution < -0.4 is 11.4 Å². The summed E-state index contributed by atoms with van der Waals surface area (Å²) in [4.78, 5) is 62.9. The van der Waals surface area contributed by atoms with Crippen molar-refractivity contribution in [1.29, 1.82) is 0 Å². The zero-order chi connectivity index (χ0) is 27.7. The molecule has 0 amide bonds. The zero-order valence-electron chi connectivity index (χ0n) is 20.9. The Bertz CT molecular complexity index is 1280. The number of ketones is 1. The molecule has 1 fully saturated rings. The van der Waals surface area contributed by atoms with Crippen molar-refractivity contribution in [3.8, 4) is 0 Å². The van der Waals surface area contributed by atoms with Crippen LogP contribution in [-0.2, 0) is 29.1 Å². The first-order valence-corrected chi connectivity index (χ1v) is 12.5. The van der Waals surface area contributed by atoms with E-state index >= 15 is 0 Å². The van der Waals surface area contributed by atoms with Crippen LogP contribution in [0.4, 0.5) is 4.39 Å². The second-order valence-electron chi connectivity index (χ2n) is 9.20. The number of hydrogen-bond donors (Lipinski definition) is 2. The molecule has 2 N–H and O–H groups in total. The van der Waals surface area contributed by atoms with Crippen LogP contribution >= 0.6 is 0 Å². The van der Waals surface area contributed by atoms with Gasteiger partial charge >= 0.3 is 23.3 Å². The third kappa shape index (κ3) is 8.04. The highest BCUT2D eigenvalue weighted by molar-refractivity contribution is 5.97. The average molecular weight is 531 g/mol. The largest absolute Gasteiger partial charge is 0.478 e. The Kier molecular flexibility index (Phi) is 10.2. The van der Waals surface area contributed by atoms with E-state index in [0.717, 1.165) is 45.3 Å². The maximum absolute atomic E-state index is 13.1. The van der Waals surface area contributed by atoms with E-state index < -0.39 is 17.6 Å². The van der Waals surface area contributed by atoms with Crippen LogP contribution in [0.1, 0.15) is 48.3 Å². The van der Waals surface area contributed by atoms with E-state index in [0.29, 0.717) is 49.5 Å². The van der Waals surface area contributed by atoms with Crippen molar-refractivity contribution in [3.05, 3.63) is 74.6 Å². The van der Waals surface area contributed by atoms with Crippen molar-refractivity contribution >= 4 is 17.7 Å². The first-order chi connectivity index (χ1) is 18.2. The molecule has 3 heterocycles. The van der Waals surface area contributed by atoms with Gasteiger partial charge in [-0.3, -0.25) is 9.36 Å². The Labute approximate surface area is 217 Å². The van der Waals surface area contributed by atoms with E-state index in [1.54, 1.807) is 16.7 Å². The summed E-state index contributed by atoms with van der Waals surface area (Å²) in [6.07, 6.45) is 5.93. The van der Waals surface area contributed by atoms with Crippen LogP contribution in [0.2, 0.25) is 0 Å². The molecule has 2 aliphatic rings. The molecule has 38 heavy (non-hydrogen) atoms. The zero-order valence-corrected chi connectivity index (χ0v) is 20.9. The third-order valence-corrected chi connectivity index (χ3v) is 6.57. The molecule has 11 nitrogen and oxygen atoms in total. The van der Waals surface area contributed by atoms with Gasteiger partial charge in [0, 0.05) is 43.1 Å². The van der Waals surface area contributed by atoms with E-state index in [4.69, 9.17) is 10.2 Å². The fourth-order valence-electron chi connectivity index (χ4n) is 4.59. The molecule has 0 radical (unpaired) electrons. The lowest BCUT2D eigenvalue weighted by molar-refractivity contribution is -0.134. The van der Waals surface area contributed by atoms with Crippen molar-refractivity contribution in [2.45, 2.75) is 51.6 Å². The van der Waals surface area contributed by atoms with Crippen molar-refractivity contribution < 1.29 is 29.0 Å². The normalized spacial score (nSPS) is 15.9. The van der Waals surface area contributed by atoms with Gasteiger partial charge in [-0.25, -0.2) is 28.1 Å². The van der Waals surface area contributed by atoms with Gasteiger partial charge < -0.3 is 15.1 Å². The molecule has 0 saturated carbocycles. The fourth-order valence-corrected chi connectivity index (χ4v) is 4.59. The minimum atomic E-state index is -1.26. The predicted octanol–water partition coefficient (Wildman–Crippen LogP) is 1.58. The highest BCUT2D eigenvalue weighted by atomic mass is 19.1. The molecule has 2 aliphatic heterocycles. The fraction of sp³-hybridized carbons (Fsp3) is 0.462. The van der Waals surface area contributed by atoms with E-state index in [2.05, 4.69) is 9.88 Å². The molecule has 2 aromatic rings. The van der Waals surface area contributed by atoms with Gasteiger partial charge in [-0.05, 0) is 76.0 Å². The number of aromatic nitrogens is 3. The van der Waals surface area contributed by atoms with E-state index in [1.807, 2.05) is 0 Å². The summed E-state index contributed by atoms with van der Waals surface area (Å²) < 4.78 is 15.9. The molecule has 0 unspecified atom stereocenters. The van der Waals surface area contributed by atoms with Gasteiger partial charge in [0.25, 0.3) is 0 Å². The van der Waals surface area contributed by atoms with Crippen molar-refractivity contribution in [2.75, 3.05) is 19.6 Å². The SMILES string of the molecule is O=C(O)/C=C\C(=O)O.O=C(c1ccc(F)cc1)C1CCN(CCCn2c(=O)nc3n(c2=O)CCCC3)CC1. The monoisotopic (exact) mass is 530 g/mol. The van der Waals surface area contributed by atoms with E-state index in [1.165, 1.54) is 16.7 Å². The molecule has 4 rings (SSSR count). The van der Waals surface area contributed by atoms with Gasteiger partial charge in [0.2, 0.25) is 0 Å². The van der Waals surface area contributed by atoms with Crippen LogP contribution in [0.25, 0.3) is 0 Å². The Hall–Kier alpha value is -3.93. The lowest BCUT2D eigenvalue weighted by Crippen LogP contribution is -2.45. The van der Waals surface area contributed by atoms with Gasteiger partial charge in [-0.15, -0.1) is 0 Å². The molecule has 0 spiro atoms. The van der Waals surface area contributed by atoms with Crippen LogP contribution in [0.15, 0.2) is 46.0 Å². The van der Waals surface area contributed by atoms with Crippen LogP contribution in [0.3, 0.4) is 0 Å². The summed E-state index contributed by atoms with van der Waals surface area (Å²) in [5.41, 5.74) is -0.125. The number of Topliss-reactive ketones (excluding diaryl/α,β-unsaturated/α-hetero) is 1. The Morgan fingerprint density at radius 2 is 1.58 bits per heavy atom. The minimum absolute atomic E-state index is 0.0381. The third-order valence-electron chi connectivity index (χ3n) is 6.57. The number of benzene rings is 1. The molecular weight excluding hydrogens is 499 g/mol. The summed E-state index contributed by atoms with van der Waals surface area (Å²) >= 11 is 0. The lowest BCUT2D eigenvalue weighted by atomic mass is 9.89. The number of fused-ring (bicyclic) bond motifs is 1. The summed E-state index contributed by atoms with van der Waals surface area (Å²) in [6.45, 7) is 3.36. The highest BCUT2D eigenvalue weighted by Gasteiger charge is 2.25. The molecule has 1 aromatic carbocycles. The number of carbonyl (C=O) groups excluding carboxylic acids is 1. The molecule has 0 bridgehead atoms. The quantitative estimate of drug-likeness (QED) is 0.383. The topological polar surface area (TPSA) is 152 Å². The first-order valence-electron chi connectivity index (χ1n) is 12.5. The highest BCUT2D eigenvalue weighted by Crippen LogP contribution is 2.22. The number of carboxylic acid groups (broad SMARTS) is 2. The molecule has 204 valence electrons. The van der Waals surface area contributed by atoms with Crippen LogP contribution in [-0.4, -0.2) is 66.6 Å². The first kappa shape index (κ1) is 28.6. The Morgan fingerprint density at radius 1 is 0.947 bits per heavy atom. The molecule has 0 atom stereocenters. The lowest BCUT2D eigenvalue weighted by Gasteiger charge is -2.31. The van der Waals surface area contributed by atoms with Gasteiger partial charge in [-0.2, -0.15) is 4.98 Å². The predicted molar refractivity (Wildman–Crippen MR) is 135 cm³/mol. The molecule has 1 aromatic heterocycles. The molecule has 12 heteroatoms. The summed E-state index contributed by atoms with van der Waals surface area (Å²) in [6, 6.07) is 5.74. The maximum Gasteiger partial charge on any atom is 0.353 e. The number of likely N-dealkylation sites (tertiary alicyclic amines) is 1. The van der Waals surface area contributed by atoms with Crippen LogP contribution in [0, 0.1) is 11.7 Å². The maximum atomic E-state index is 13.1. The van der Waals surface area contributed by atoms with Gasteiger partial charge in [0.1, 0.15) is 11.6 Å². The number of nitrogens with zero attached hydrogens (tertiary/aromatic N) is 4. The molecule has 0 aliphatic carbocycles. The van der Waals surface area contributed by atoms with Gasteiger partial charge in [0.15, 0.2) is 5.78 Å². The number of carbonyl (C=O) groups is 3. The number of rotatable bonds is 8. The number of halogens is 1. The van der Waals surface area contributed by atoms with Crippen molar-refractivity contribution in [1.82, 2.24) is 19.0 Å². The number of aliphatic carboxylic acids is 2. The molecular formula is C26H31FN4O7. The Balaban J connectivity index is 0.000000436. The summed E-state index contributed by atoms with van der Waals surface area (Å²) in [5.74, 6) is -2.20. The minimum Gasteiger partial charge on any atom is -0.478 e. The van der Waals surface area contributed by atoms with Gasteiger partial charge in [-0.1, -0.05) is 0 Å².